The second kappa shape index (κ2) is 10.6. The molecule has 0 saturated heterocycles. The van der Waals surface area contributed by atoms with Crippen LogP contribution in [0.2, 0.25) is 0 Å². The summed E-state index contributed by atoms with van der Waals surface area (Å²) in [6.07, 6.45) is 0.686. The molecule has 0 aromatic heterocycles. The highest BCUT2D eigenvalue weighted by Crippen LogP contribution is 2.35. The first-order valence-electron chi connectivity index (χ1n) is 12.0. The molecule has 1 heterocycles. The summed E-state index contributed by atoms with van der Waals surface area (Å²) in [5.74, 6) is 0.890. The molecule has 3 aromatic rings. The average Bonchev–Trinajstić information content (AvgIpc) is 2.97. The highest BCUT2D eigenvalue weighted by Gasteiger charge is 2.33. The highest BCUT2D eigenvalue weighted by atomic mass is 16.5. The molecule has 5 heteroatoms. The maximum Gasteiger partial charge on any atom is 0.258 e. The number of hydrogen-bond acceptors (Lipinski definition) is 3. The van der Waals surface area contributed by atoms with Gasteiger partial charge in [0.15, 0.2) is 0 Å². The van der Waals surface area contributed by atoms with Crippen molar-refractivity contribution in [2.24, 2.45) is 5.92 Å². The predicted molar refractivity (Wildman–Crippen MR) is 137 cm³/mol. The molecule has 0 spiro atoms. The minimum atomic E-state index is -0.317. The second-order valence-electron chi connectivity index (χ2n) is 9.06. The van der Waals surface area contributed by atoms with Crippen LogP contribution in [0.3, 0.4) is 0 Å². The molecule has 0 fully saturated rings. The van der Waals surface area contributed by atoms with Crippen molar-refractivity contribution in [2.75, 3.05) is 29.5 Å². The molecule has 176 valence electrons. The van der Waals surface area contributed by atoms with Crippen LogP contribution in [-0.4, -0.2) is 31.5 Å². The normalized spacial score (nSPS) is 15.8. The number of benzene rings is 3. The first kappa shape index (κ1) is 23.6. The van der Waals surface area contributed by atoms with Gasteiger partial charge in [-0.1, -0.05) is 69.3 Å². The molecular weight excluding hydrogens is 424 g/mol. The van der Waals surface area contributed by atoms with Crippen LogP contribution in [0.25, 0.3) is 0 Å². The van der Waals surface area contributed by atoms with E-state index in [9.17, 15) is 9.59 Å². The standard InChI is InChI=1S/C29H32N2O3/c1-21(2)24-14-7-10-17-27(24)34-19-11-18-30-25-15-8-9-16-26(25)31(20-22(3)28(30)32)29(33)23-12-5-4-6-13-23/h4-10,12-17,21-22H,11,18-20H2,1-3H3. The molecule has 0 saturated carbocycles. The Kier molecular flexibility index (Phi) is 7.31. The summed E-state index contributed by atoms with van der Waals surface area (Å²) in [6.45, 7) is 7.58. The first-order chi connectivity index (χ1) is 16.5. The third kappa shape index (κ3) is 4.98. The van der Waals surface area contributed by atoms with Crippen LogP contribution in [0.15, 0.2) is 78.9 Å². The Labute approximate surface area is 202 Å². The largest absolute Gasteiger partial charge is 0.493 e. The Bertz CT molecular complexity index is 1140. The van der Waals surface area contributed by atoms with Crippen molar-refractivity contribution < 1.29 is 14.3 Å². The molecule has 2 amide bonds. The minimum absolute atomic E-state index is 0.0263. The number of anilines is 2. The van der Waals surface area contributed by atoms with Crippen LogP contribution in [-0.2, 0) is 4.79 Å². The van der Waals surface area contributed by atoms with Gasteiger partial charge in [0.2, 0.25) is 5.91 Å². The lowest BCUT2D eigenvalue weighted by Gasteiger charge is -2.25. The number of hydrogen-bond donors (Lipinski definition) is 0. The molecule has 3 aromatic carbocycles. The van der Waals surface area contributed by atoms with Crippen LogP contribution in [0.4, 0.5) is 11.4 Å². The molecule has 1 atom stereocenters. The number of ether oxygens (including phenoxy) is 1. The summed E-state index contributed by atoms with van der Waals surface area (Å²) in [4.78, 5) is 30.3. The average molecular weight is 457 g/mol. The Morgan fingerprint density at radius 3 is 2.32 bits per heavy atom. The summed E-state index contributed by atoms with van der Waals surface area (Å²) in [5.41, 5.74) is 3.33. The summed E-state index contributed by atoms with van der Waals surface area (Å²) < 4.78 is 6.09. The Morgan fingerprint density at radius 2 is 1.59 bits per heavy atom. The van der Waals surface area contributed by atoms with Crippen LogP contribution in [0.5, 0.6) is 5.75 Å². The summed E-state index contributed by atoms with van der Waals surface area (Å²) in [6, 6.07) is 25.0. The van der Waals surface area contributed by atoms with Gasteiger partial charge in [0.25, 0.3) is 5.91 Å². The number of amides is 2. The van der Waals surface area contributed by atoms with E-state index in [1.165, 1.54) is 5.56 Å². The monoisotopic (exact) mass is 456 g/mol. The van der Waals surface area contributed by atoms with Gasteiger partial charge in [-0.2, -0.15) is 0 Å². The summed E-state index contributed by atoms with van der Waals surface area (Å²) >= 11 is 0. The van der Waals surface area contributed by atoms with E-state index in [4.69, 9.17) is 4.74 Å². The maximum absolute atomic E-state index is 13.4. The molecule has 1 aliphatic heterocycles. The van der Waals surface area contributed by atoms with Gasteiger partial charge in [0, 0.05) is 18.7 Å². The van der Waals surface area contributed by atoms with E-state index in [0.717, 1.165) is 17.1 Å². The highest BCUT2D eigenvalue weighted by molar-refractivity contribution is 6.11. The fraction of sp³-hybridized carbons (Fsp3) is 0.310. The van der Waals surface area contributed by atoms with E-state index < -0.39 is 0 Å². The Balaban J connectivity index is 1.53. The van der Waals surface area contributed by atoms with Gasteiger partial charge in [0.05, 0.1) is 23.9 Å². The summed E-state index contributed by atoms with van der Waals surface area (Å²) in [7, 11) is 0. The molecule has 0 bridgehead atoms. The minimum Gasteiger partial charge on any atom is -0.493 e. The number of nitrogens with zero attached hydrogens (tertiary/aromatic N) is 2. The second-order valence-corrected chi connectivity index (χ2v) is 9.06. The van der Waals surface area contributed by atoms with Crippen LogP contribution in [0.1, 0.15) is 49.0 Å². The predicted octanol–water partition coefficient (Wildman–Crippen LogP) is 5.91. The van der Waals surface area contributed by atoms with Crippen molar-refractivity contribution in [1.82, 2.24) is 0 Å². The van der Waals surface area contributed by atoms with E-state index >= 15 is 0 Å². The molecule has 34 heavy (non-hydrogen) atoms. The molecular formula is C29H32N2O3. The van der Waals surface area contributed by atoms with Crippen LogP contribution >= 0.6 is 0 Å². The Hall–Kier alpha value is -3.60. The zero-order valence-corrected chi connectivity index (χ0v) is 20.1. The third-order valence-corrected chi connectivity index (χ3v) is 6.20. The third-order valence-electron chi connectivity index (χ3n) is 6.20. The molecule has 0 radical (unpaired) electrons. The molecule has 5 nitrogen and oxygen atoms in total. The van der Waals surface area contributed by atoms with Gasteiger partial charge in [-0.15, -0.1) is 0 Å². The molecule has 4 rings (SSSR count). The zero-order valence-electron chi connectivity index (χ0n) is 20.1. The number of fused-ring (bicyclic) bond motifs is 1. The van der Waals surface area contributed by atoms with Gasteiger partial charge in [0.1, 0.15) is 5.75 Å². The molecule has 1 unspecified atom stereocenters. The van der Waals surface area contributed by atoms with Crippen LogP contribution < -0.4 is 14.5 Å². The lowest BCUT2D eigenvalue weighted by Crippen LogP contribution is -2.39. The first-order valence-corrected chi connectivity index (χ1v) is 12.0. The fourth-order valence-corrected chi connectivity index (χ4v) is 4.41. The summed E-state index contributed by atoms with van der Waals surface area (Å²) in [5, 5.41) is 0. The lowest BCUT2D eigenvalue weighted by molar-refractivity contribution is -0.121. The van der Waals surface area contributed by atoms with Gasteiger partial charge in [-0.05, 0) is 48.2 Å². The van der Waals surface area contributed by atoms with Gasteiger partial charge >= 0.3 is 0 Å². The van der Waals surface area contributed by atoms with E-state index in [-0.39, 0.29) is 17.7 Å². The van der Waals surface area contributed by atoms with Gasteiger partial charge in [-0.3, -0.25) is 9.59 Å². The van der Waals surface area contributed by atoms with Crippen molar-refractivity contribution in [2.45, 2.75) is 33.1 Å². The SMILES string of the molecule is CC1CN(C(=O)c2ccccc2)c2ccccc2N(CCCOc2ccccc2C(C)C)C1=O. The fourth-order valence-electron chi connectivity index (χ4n) is 4.41. The number of para-hydroxylation sites is 3. The molecule has 0 N–H and O–H groups in total. The molecule has 0 aliphatic carbocycles. The van der Waals surface area contributed by atoms with Gasteiger partial charge < -0.3 is 14.5 Å². The smallest absolute Gasteiger partial charge is 0.258 e. The van der Waals surface area contributed by atoms with E-state index in [2.05, 4.69) is 19.9 Å². The maximum atomic E-state index is 13.4. The van der Waals surface area contributed by atoms with Crippen molar-refractivity contribution in [3.05, 3.63) is 90.0 Å². The van der Waals surface area contributed by atoms with Crippen molar-refractivity contribution in [3.63, 3.8) is 0 Å². The number of rotatable bonds is 7. The Morgan fingerprint density at radius 1 is 0.941 bits per heavy atom. The number of carbonyl (C=O) groups excluding carboxylic acids is 2. The van der Waals surface area contributed by atoms with Gasteiger partial charge in [-0.25, -0.2) is 0 Å². The number of carbonyl (C=O) groups is 2. The quantitative estimate of drug-likeness (QED) is 0.415. The van der Waals surface area contributed by atoms with Crippen molar-refractivity contribution in [1.29, 1.82) is 0 Å². The lowest BCUT2D eigenvalue weighted by atomic mass is 10.0. The van der Waals surface area contributed by atoms with Crippen molar-refractivity contribution >= 4 is 23.2 Å². The zero-order chi connectivity index (χ0) is 24.1. The van der Waals surface area contributed by atoms with E-state index in [1.807, 2.05) is 84.6 Å². The van der Waals surface area contributed by atoms with E-state index in [1.54, 1.807) is 4.90 Å². The molecule has 1 aliphatic rings. The van der Waals surface area contributed by atoms with E-state index in [0.29, 0.717) is 37.6 Å². The van der Waals surface area contributed by atoms with Crippen molar-refractivity contribution in [3.8, 4) is 5.75 Å². The topological polar surface area (TPSA) is 49.9 Å². The van der Waals surface area contributed by atoms with Crippen LogP contribution in [0, 0.1) is 5.92 Å².